The molecule has 144 valence electrons. The highest BCUT2D eigenvalue weighted by molar-refractivity contribution is 5.81. The summed E-state index contributed by atoms with van der Waals surface area (Å²) < 4.78 is 11.2. The van der Waals surface area contributed by atoms with Gasteiger partial charge < -0.3 is 19.3 Å². The van der Waals surface area contributed by atoms with E-state index in [4.69, 9.17) is 9.47 Å². The van der Waals surface area contributed by atoms with Crippen LogP contribution in [0.15, 0.2) is 48.5 Å². The van der Waals surface area contributed by atoms with E-state index in [9.17, 15) is 4.79 Å². The number of aryl methyl sites for hydroxylation is 1. The molecule has 3 rings (SSSR count). The van der Waals surface area contributed by atoms with Crippen LogP contribution in [0.5, 0.6) is 11.5 Å². The molecule has 1 aliphatic rings. The molecule has 1 amide bonds. The number of amides is 1. The topological polar surface area (TPSA) is 42.0 Å². The number of piperazine rings is 1. The van der Waals surface area contributed by atoms with Crippen molar-refractivity contribution in [3.05, 3.63) is 54.1 Å². The van der Waals surface area contributed by atoms with E-state index in [0.29, 0.717) is 19.5 Å². The van der Waals surface area contributed by atoms with Gasteiger partial charge in [0.1, 0.15) is 11.5 Å². The standard InChI is InChI=1S/C22H28N2O3/c1-4-21(27-20-7-5-6-17(2)16-20)22(25)24-14-12-23(13-15-24)18-8-10-19(26-3)11-9-18/h5-11,16,21H,4,12-15H2,1-3H3/t21-/m1/s1. The zero-order valence-electron chi connectivity index (χ0n) is 16.4. The summed E-state index contributed by atoms with van der Waals surface area (Å²) >= 11 is 0. The quantitative estimate of drug-likeness (QED) is 0.783. The Kier molecular flexibility index (Phi) is 6.22. The van der Waals surface area contributed by atoms with E-state index >= 15 is 0 Å². The van der Waals surface area contributed by atoms with Gasteiger partial charge in [0.2, 0.25) is 0 Å². The molecule has 5 nitrogen and oxygen atoms in total. The lowest BCUT2D eigenvalue weighted by atomic mass is 10.2. The third-order valence-corrected chi connectivity index (χ3v) is 4.94. The molecule has 0 N–H and O–H groups in total. The Hall–Kier alpha value is -2.69. The first-order chi connectivity index (χ1) is 13.1. The molecule has 0 unspecified atom stereocenters. The fraction of sp³-hybridized carbons (Fsp3) is 0.409. The normalized spacial score (nSPS) is 15.4. The average Bonchev–Trinajstić information content (AvgIpc) is 2.72. The van der Waals surface area contributed by atoms with Gasteiger partial charge in [-0.3, -0.25) is 4.79 Å². The highest BCUT2D eigenvalue weighted by atomic mass is 16.5. The number of hydrogen-bond donors (Lipinski definition) is 0. The summed E-state index contributed by atoms with van der Waals surface area (Å²) in [6.07, 6.45) is 0.227. The fourth-order valence-electron chi connectivity index (χ4n) is 3.34. The van der Waals surface area contributed by atoms with Crippen LogP contribution in [0.4, 0.5) is 5.69 Å². The molecule has 5 heteroatoms. The molecule has 1 saturated heterocycles. The van der Waals surface area contributed by atoms with Gasteiger partial charge in [0.25, 0.3) is 5.91 Å². The maximum absolute atomic E-state index is 12.9. The lowest BCUT2D eigenvalue weighted by Crippen LogP contribution is -2.52. The molecule has 1 fully saturated rings. The second-order valence-corrected chi connectivity index (χ2v) is 6.84. The van der Waals surface area contributed by atoms with E-state index in [1.54, 1.807) is 7.11 Å². The minimum absolute atomic E-state index is 0.0772. The van der Waals surface area contributed by atoms with Gasteiger partial charge in [0.05, 0.1) is 7.11 Å². The fourth-order valence-corrected chi connectivity index (χ4v) is 3.34. The molecule has 0 radical (unpaired) electrons. The summed E-state index contributed by atoms with van der Waals surface area (Å²) in [5.41, 5.74) is 2.29. The minimum Gasteiger partial charge on any atom is -0.497 e. The molecule has 0 aliphatic carbocycles. The van der Waals surface area contributed by atoms with E-state index in [2.05, 4.69) is 17.0 Å². The highest BCUT2D eigenvalue weighted by Crippen LogP contribution is 2.21. The van der Waals surface area contributed by atoms with E-state index in [1.807, 2.05) is 55.1 Å². The second-order valence-electron chi connectivity index (χ2n) is 6.84. The van der Waals surface area contributed by atoms with E-state index < -0.39 is 6.10 Å². The Balaban J connectivity index is 1.57. The zero-order valence-corrected chi connectivity index (χ0v) is 16.4. The minimum atomic E-state index is -0.431. The van der Waals surface area contributed by atoms with Crippen molar-refractivity contribution in [2.75, 3.05) is 38.2 Å². The number of rotatable bonds is 6. The van der Waals surface area contributed by atoms with Crippen molar-refractivity contribution in [3.63, 3.8) is 0 Å². The molecule has 0 aromatic heterocycles. The number of anilines is 1. The van der Waals surface area contributed by atoms with Crippen molar-refractivity contribution in [2.45, 2.75) is 26.4 Å². The predicted octanol–water partition coefficient (Wildman–Crippen LogP) is 3.51. The van der Waals surface area contributed by atoms with Crippen molar-refractivity contribution in [3.8, 4) is 11.5 Å². The van der Waals surface area contributed by atoms with Crippen LogP contribution in [0.3, 0.4) is 0 Å². The van der Waals surface area contributed by atoms with Gasteiger partial charge in [-0.15, -0.1) is 0 Å². The van der Waals surface area contributed by atoms with Crippen molar-refractivity contribution in [1.82, 2.24) is 4.90 Å². The number of benzene rings is 2. The average molecular weight is 368 g/mol. The van der Waals surface area contributed by atoms with Gasteiger partial charge in [-0.25, -0.2) is 0 Å². The van der Waals surface area contributed by atoms with Gasteiger partial charge in [-0.1, -0.05) is 19.1 Å². The summed E-state index contributed by atoms with van der Waals surface area (Å²) in [5, 5.41) is 0. The lowest BCUT2D eigenvalue weighted by molar-refractivity contribution is -0.139. The molecule has 1 aliphatic heterocycles. The predicted molar refractivity (Wildman–Crippen MR) is 108 cm³/mol. The number of carbonyl (C=O) groups is 1. The third-order valence-electron chi connectivity index (χ3n) is 4.94. The summed E-state index contributed by atoms with van der Waals surface area (Å²) in [6, 6.07) is 15.9. The maximum atomic E-state index is 12.9. The Bertz CT molecular complexity index is 752. The Morgan fingerprint density at radius 1 is 1.04 bits per heavy atom. The van der Waals surface area contributed by atoms with Crippen molar-refractivity contribution >= 4 is 11.6 Å². The van der Waals surface area contributed by atoms with Gasteiger partial charge in [0, 0.05) is 31.9 Å². The third kappa shape index (κ3) is 4.73. The summed E-state index contributed by atoms with van der Waals surface area (Å²) in [5.74, 6) is 1.69. The van der Waals surface area contributed by atoms with Crippen LogP contribution < -0.4 is 14.4 Å². The smallest absolute Gasteiger partial charge is 0.263 e. The monoisotopic (exact) mass is 368 g/mol. The van der Waals surface area contributed by atoms with Crippen LogP contribution in [0.2, 0.25) is 0 Å². The summed E-state index contributed by atoms with van der Waals surface area (Å²) in [4.78, 5) is 17.1. The molecule has 2 aromatic rings. The number of nitrogens with zero attached hydrogens (tertiary/aromatic N) is 2. The maximum Gasteiger partial charge on any atom is 0.263 e. The molecule has 1 heterocycles. The van der Waals surface area contributed by atoms with Crippen LogP contribution >= 0.6 is 0 Å². The molecule has 1 atom stereocenters. The molecule has 0 spiro atoms. The molecular formula is C22H28N2O3. The van der Waals surface area contributed by atoms with E-state index in [0.717, 1.165) is 35.8 Å². The highest BCUT2D eigenvalue weighted by Gasteiger charge is 2.28. The number of methoxy groups -OCH3 is 1. The van der Waals surface area contributed by atoms with Crippen LogP contribution in [0.25, 0.3) is 0 Å². The Morgan fingerprint density at radius 2 is 1.74 bits per heavy atom. The molecule has 0 saturated carbocycles. The molecular weight excluding hydrogens is 340 g/mol. The van der Waals surface area contributed by atoms with Gasteiger partial charge in [-0.2, -0.15) is 0 Å². The van der Waals surface area contributed by atoms with Crippen molar-refractivity contribution < 1.29 is 14.3 Å². The Labute approximate surface area is 161 Å². The number of ether oxygens (including phenoxy) is 2. The van der Waals surface area contributed by atoms with Crippen LogP contribution in [-0.2, 0) is 4.79 Å². The van der Waals surface area contributed by atoms with Crippen LogP contribution in [0.1, 0.15) is 18.9 Å². The van der Waals surface area contributed by atoms with Gasteiger partial charge in [0.15, 0.2) is 6.10 Å². The first-order valence-corrected chi connectivity index (χ1v) is 9.52. The zero-order chi connectivity index (χ0) is 19.2. The van der Waals surface area contributed by atoms with Gasteiger partial charge >= 0.3 is 0 Å². The number of hydrogen-bond acceptors (Lipinski definition) is 4. The van der Waals surface area contributed by atoms with E-state index in [-0.39, 0.29) is 5.91 Å². The van der Waals surface area contributed by atoms with E-state index in [1.165, 1.54) is 0 Å². The molecule has 2 aromatic carbocycles. The summed E-state index contributed by atoms with van der Waals surface area (Å²) in [6.45, 7) is 7.06. The SMILES string of the molecule is CC[C@@H](Oc1cccc(C)c1)C(=O)N1CCN(c2ccc(OC)cc2)CC1. The van der Waals surface area contributed by atoms with Crippen molar-refractivity contribution in [2.24, 2.45) is 0 Å². The molecule has 0 bridgehead atoms. The van der Waals surface area contributed by atoms with Crippen LogP contribution in [0, 0.1) is 6.92 Å². The lowest BCUT2D eigenvalue weighted by Gasteiger charge is -2.37. The van der Waals surface area contributed by atoms with Crippen LogP contribution in [-0.4, -0.2) is 50.2 Å². The largest absolute Gasteiger partial charge is 0.497 e. The molecule has 27 heavy (non-hydrogen) atoms. The number of carbonyl (C=O) groups excluding carboxylic acids is 1. The van der Waals surface area contributed by atoms with Gasteiger partial charge in [-0.05, 0) is 55.3 Å². The van der Waals surface area contributed by atoms with Crippen molar-refractivity contribution in [1.29, 1.82) is 0 Å². The Morgan fingerprint density at radius 3 is 2.33 bits per heavy atom. The first-order valence-electron chi connectivity index (χ1n) is 9.52. The second kappa shape index (κ2) is 8.80. The first kappa shape index (κ1) is 19.1. The summed E-state index contributed by atoms with van der Waals surface area (Å²) in [7, 11) is 1.67.